The summed E-state index contributed by atoms with van der Waals surface area (Å²) in [7, 11) is 2.15. The minimum atomic E-state index is -0.188. The van der Waals surface area contributed by atoms with Crippen LogP contribution in [0.25, 0.3) is 22.6 Å². The Labute approximate surface area is 204 Å². The molecule has 4 heterocycles. The van der Waals surface area contributed by atoms with Crippen LogP contribution in [0.2, 0.25) is 0 Å². The maximum absolute atomic E-state index is 12.1. The molecule has 35 heavy (non-hydrogen) atoms. The number of pyridine rings is 2. The summed E-state index contributed by atoms with van der Waals surface area (Å²) >= 11 is 0. The number of aromatic nitrogens is 3. The first-order valence-corrected chi connectivity index (χ1v) is 11.8. The van der Waals surface area contributed by atoms with Crippen LogP contribution >= 0.6 is 0 Å². The molecule has 4 aromatic rings. The molecule has 0 unspecified atom stereocenters. The molecule has 8 heteroatoms. The molecular weight excluding hydrogens is 442 g/mol. The van der Waals surface area contributed by atoms with Crippen molar-refractivity contribution in [2.45, 2.75) is 32.5 Å². The van der Waals surface area contributed by atoms with Crippen LogP contribution in [0.3, 0.4) is 0 Å². The maximum Gasteiger partial charge on any atom is 0.299 e. The number of hydrogen-bond acceptors (Lipinski definition) is 7. The van der Waals surface area contributed by atoms with Gasteiger partial charge in [0.25, 0.3) is 11.6 Å². The molecule has 0 spiro atoms. The van der Waals surface area contributed by atoms with Gasteiger partial charge in [-0.1, -0.05) is 12.1 Å². The third-order valence-electron chi connectivity index (χ3n) is 6.34. The topological polar surface area (TPSA) is 96.3 Å². The van der Waals surface area contributed by atoms with Gasteiger partial charge in [-0.3, -0.25) is 9.78 Å². The summed E-state index contributed by atoms with van der Waals surface area (Å²) in [6, 6.07) is 13.8. The molecule has 0 bridgehead atoms. The van der Waals surface area contributed by atoms with Crippen molar-refractivity contribution >= 4 is 11.7 Å². The lowest BCUT2D eigenvalue weighted by molar-refractivity contribution is 0.00215. The maximum atomic E-state index is 12.1. The van der Waals surface area contributed by atoms with E-state index in [1.54, 1.807) is 30.7 Å². The Kier molecular flexibility index (Phi) is 6.74. The number of oxazole rings is 1. The first-order valence-electron chi connectivity index (χ1n) is 11.8. The Morgan fingerprint density at radius 1 is 1.17 bits per heavy atom. The fraction of sp³-hybridized carbons (Fsp3) is 0.296. The zero-order valence-electron chi connectivity index (χ0n) is 20.0. The number of aromatic amines is 1. The fourth-order valence-electron chi connectivity index (χ4n) is 4.19. The number of aryl methyl sites for hydroxylation is 1. The number of ether oxygens (including phenoxy) is 1. The van der Waals surface area contributed by atoms with Crippen molar-refractivity contribution in [3.63, 3.8) is 0 Å². The fourth-order valence-corrected chi connectivity index (χ4v) is 4.19. The average Bonchev–Trinajstić information content (AvgIpc) is 3.34. The molecule has 0 saturated carbocycles. The molecule has 2 N–H and O–H groups in total. The molecule has 0 amide bonds. The standard InChI is InChI=1S/C27H29N5O3/c1-18-5-6-19(17-34-21-8-12-32(2)13-9-21)14-23(18)31-27-30-16-25(35-27)20-7-11-28-24(15-20)22-4-3-10-29-26(22)33/h3-7,10-11,14-16,21H,8-9,12-13,17H2,1-2H3,(H,29,33)(H,30,31). The first-order chi connectivity index (χ1) is 17.0. The van der Waals surface area contributed by atoms with Crippen molar-refractivity contribution in [3.8, 4) is 22.6 Å². The van der Waals surface area contributed by atoms with E-state index in [1.165, 1.54) is 0 Å². The summed E-state index contributed by atoms with van der Waals surface area (Å²) in [4.78, 5) is 25.9. The lowest BCUT2D eigenvalue weighted by Gasteiger charge is -2.29. The second-order valence-electron chi connectivity index (χ2n) is 8.96. The van der Waals surface area contributed by atoms with Crippen LogP contribution < -0.4 is 10.9 Å². The zero-order valence-corrected chi connectivity index (χ0v) is 20.0. The van der Waals surface area contributed by atoms with Gasteiger partial charge in [-0.05, 0) is 68.3 Å². The lowest BCUT2D eigenvalue weighted by Crippen LogP contribution is -2.34. The van der Waals surface area contributed by atoms with Gasteiger partial charge in [-0.25, -0.2) is 4.98 Å². The van der Waals surface area contributed by atoms with Crippen LogP contribution in [-0.4, -0.2) is 46.1 Å². The molecule has 1 aliphatic rings. The van der Waals surface area contributed by atoms with E-state index in [9.17, 15) is 4.79 Å². The number of rotatable bonds is 7. The molecule has 8 nitrogen and oxygen atoms in total. The third-order valence-corrected chi connectivity index (χ3v) is 6.34. The molecule has 0 atom stereocenters. The summed E-state index contributed by atoms with van der Waals surface area (Å²) in [6.45, 7) is 4.79. The molecule has 0 aliphatic carbocycles. The van der Waals surface area contributed by atoms with E-state index in [0.717, 1.165) is 48.3 Å². The molecule has 3 aromatic heterocycles. The number of benzene rings is 1. The SMILES string of the molecule is Cc1ccc(COC2CCN(C)CC2)cc1Nc1ncc(-c2ccnc(-c3ccc[nH]c3=O)c2)o1. The summed E-state index contributed by atoms with van der Waals surface area (Å²) in [5.41, 5.74) is 4.79. The third kappa shape index (κ3) is 5.50. The number of H-pyrrole nitrogens is 1. The highest BCUT2D eigenvalue weighted by Crippen LogP contribution is 2.28. The number of nitrogens with one attached hydrogen (secondary N) is 2. The van der Waals surface area contributed by atoms with Crippen molar-refractivity contribution in [1.29, 1.82) is 0 Å². The van der Waals surface area contributed by atoms with Gasteiger partial charge in [0.05, 0.1) is 30.2 Å². The van der Waals surface area contributed by atoms with E-state index in [0.29, 0.717) is 35.7 Å². The number of piperidine rings is 1. The molecule has 180 valence electrons. The molecule has 5 rings (SSSR count). The van der Waals surface area contributed by atoms with Crippen LogP contribution in [0.1, 0.15) is 24.0 Å². The predicted octanol–water partition coefficient (Wildman–Crippen LogP) is 4.75. The Hall–Kier alpha value is -3.75. The van der Waals surface area contributed by atoms with Gasteiger partial charge in [-0.2, -0.15) is 0 Å². The first kappa shape index (κ1) is 23.0. The van der Waals surface area contributed by atoms with E-state index < -0.39 is 0 Å². The molecule has 1 fully saturated rings. The molecular formula is C27H29N5O3. The minimum Gasteiger partial charge on any atom is -0.423 e. The van der Waals surface area contributed by atoms with Crippen LogP contribution in [0, 0.1) is 6.92 Å². The summed E-state index contributed by atoms with van der Waals surface area (Å²) < 4.78 is 12.1. The highest BCUT2D eigenvalue weighted by molar-refractivity contribution is 5.67. The van der Waals surface area contributed by atoms with Crippen molar-refractivity contribution < 1.29 is 9.15 Å². The average molecular weight is 472 g/mol. The Morgan fingerprint density at radius 3 is 2.86 bits per heavy atom. The van der Waals surface area contributed by atoms with Gasteiger partial charge in [0, 0.05) is 36.7 Å². The minimum absolute atomic E-state index is 0.188. The van der Waals surface area contributed by atoms with Crippen LogP contribution in [0.4, 0.5) is 11.7 Å². The van der Waals surface area contributed by atoms with Crippen molar-refractivity contribution in [2.24, 2.45) is 0 Å². The van der Waals surface area contributed by atoms with Crippen LogP contribution in [0.15, 0.2) is 70.3 Å². The van der Waals surface area contributed by atoms with Gasteiger partial charge in [-0.15, -0.1) is 0 Å². The highest BCUT2D eigenvalue weighted by Gasteiger charge is 2.17. The van der Waals surface area contributed by atoms with Gasteiger partial charge < -0.3 is 24.4 Å². The number of nitrogens with zero attached hydrogens (tertiary/aromatic N) is 3. The van der Waals surface area contributed by atoms with Crippen LogP contribution in [0.5, 0.6) is 0 Å². The largest absolute Gasteiger partial charge is 0.423 e. The normalized spacial score (nSPS) is 14.8. The number of anilines is 2. The van der Waals surface area contributed by atoms with Gasteiger partial charge in [0.15, 0.2) is 5.76 Å². The van der Waals surface area contributed by atoms with Crippen molar-refractivity contribution in [2.75, 3.05) is 25.5 Å². The number of hydrogen-bond donors (Lipinski definition) is 2. The van der Waals surface area contributed by atoms with Crippen molar-refractivity contribution in [1.82, 2.24) is 19.9 Å². The highest BCUT2D eigenvalue weighted by atomic mass is 16.5. The summed E-state index contributed by atoms with van der Waals surface area (Å²) in [5, 5.41) is 3.29. The number of likely N-dealkylation sites (tertiary alicyclic amines) is 1. The Balaban J connectivity index is 1.28. The van der Waals surface area contributed by atoms with E-state index in [4.69, 9.17) is 9.15 Å². The van der Waals surface area contributed by atoms with E-state index >= 15 is 0 Å². The predicted molar refractivity (Wildman–Crippen MR) is 136 cm³/mol. The monoisotopic (exact) mass is 471 g/mol. The second-order valence-corrected chi connectivity index (χ2v) is 8.96. The quantitative estimate of drug-likeness (QED) is 0.401. The lowest BCUT2D eigenvalue weighted by atomic mass is 10.1. The smallest absolute Gasteiger partial charge is 0.299 e. The Bertz CT molecular complexity index is 1350. The van der Waals surface area contributed by atoms with E-state index in [2.05, 4.69) is 50.4 Å². The summed E-state index contributed by atoms with van der Waals surface area (Å²) in [5.74, 6) is 0.586. The van der Waals surface area contributed by atoms with Gasteiger partial charge in [0.2, 0.25) is 0 Å². The molecule has 1 saturated heterocycles. The van der Waals surface area contributed by atoms with E-state index in [-0.39, 0.29) is 5.56 Å². The Morgan fingerprint density at radius 2 is 2.03 bits per heavy atom. The van der Waals surface area contributed by atoms with Crippen LogP contribution in [-0.2, 0) is 11.3 Å². The zero-order chi connectivity index (χ0) is 24.2. The van der Waals surface area contributed by atoms with Gasteiger partial charge >= 0.3 is 0 Å². The van der Waals surface area contributed by atoms with E-state index in [1.807, 2.05) is 19.1 Å². The molecule has 0 radical (unpaired) electrons. The molecule has 1 aromatic carbocycles. The molecule has 1 aliphatic heterocycles. The summed E-state index contributed by atoms with van der Waals surface area (Å²) in [6.07, 6.45) is 7.38. The van der Waals surface area contributed by atoms with Gasteiger partial charge in [0.1, 0.15) is 0 Å². The van der Waals surface area contributed by atoms with Crippen molar-refractivity contribution in [3.05, 3.63) is 82.5 Å². The second kappa shape index (κ2) is 10.2.